The van der Waals surface area contributed by atoms with Crippen molar-refractivity contribution in [2.45, 2.75) is 51.0 Å². The molecule has 1 aliphatic carbocycles. The van der Waals surface area contributed by atoms with Crippen LogP contribution in [0.25, 0.3) is 0 Å². The van der Waals surface area contributed by atoms with E-state index >= 15 is 0 Å². The monoisotopic (exact) mass is 373 g/mol. The van der Waals surface area contributed by atoms with Crippen molar-refractivity contribution in [2.24, 2.45) is 0 Å². The first kappa shape index (κ1) is 19.5. The van der Waals surface area contributed by atoms with E-state index in [1.54, 1.807) is 0 Å². The van der Waals surface area contributed by atoms with Crippen molar-refractivity contribution in [2.75, 3.05) is 32.8 Å². The Kier molecular flexibility index (Phi) is 7.36. The van der Waals surface area contributed by atoms with E-state index in [0.717, 1.165) is 25.0 Å². The second kappa shape index (κ2) is 10.2. The van der Waals surface area contributed by atoms with Gasteiger partial charge in [-0.05, 0) is 31.4 Å². The van der Waals surface area contributed by atoms with E-state index in [1.165, 1.54) is 19.3 Å². The zero-order valence-electron chi connectivity index (χ0n) is 16.1. The highest BCUT2D eigenvalue weighted by atomic mass is 16.5. The fraction of sp³-hybridized carbons (Fsp3) is 0.619. The lowest BCUT2D eigenvalue weighted by atomic mass is 9.96. The highest BCUT2D eigenvalue weighted by molar-refractivity contribution is 5.77. The summed E-state index contributed by atoms with van der Waals surface area (Å²) in [5.74, 6) is 0.882. The van der Waals surface area contributed by atoms with Crippen LogP contribution in [-0.2, 0) is 4.79 Å². The minimum Gasteiger partial charge on any atom is -0.493 e. The van der Waals surface area contributed by atoms with E-state index in [4.69, 9.17) is 4.74 Å². The molecule has 6 nitrogen and oxygen atoms in total. The highest BCUT2D eigenvalue weighted by Gasteiger charge is 2.24. The Balaban J connectivity index is 1.39. The average molecular weight is 373 g/mol. The number of nitrogens with zero attached hydrogens (tertiary/aromatic N) is 2. The summed E-state index contributed by atoms with van der Waals surface area (Å²) in [6.07, 6.45) is 7.06. The molecule has 2 fully saturated rings. The molecule has 1 aromatic carbocycles. The van der Waals surface area contributed by atoms with Gasteiger partial charge in [-0.3, -0.25) is 4.79 Å². The lowest BCUT2D eigenvalue weighted by Gasteiger charge is -2.27. The second-order valence-electron chi connectivity index (χ2n) is 7.42. The van der Waals surface area contributed by atoms with Crippen LogP contribution in [0.5, 0.6) is 5.75 Å². The molecule has 3 amide bonds. The third kappa shape index (κ3) is 6.15. The van der Waals surface area contributed by atoms with Gasteiger partial charge in [0.15, 0.2) is 0 Å². The number of hydrogen-bond acceptors (Lipinski definition) is 3. The number of rotatable bonds is 5. The summed E-state index contributed by atoms with van der Waals surface area (Å²) in [6.45, 7) is 3.00. The Morgan fingerprint density at radius 3 is 2.41 bits per heavy atom. The van der Waals surface area contributed by atoms with E-state index in [9.17, 15) is 9.59 Å². The van der Waals surface area contributed by atoms with Crippen LogP contribution >= 0.6 is 0 Å². The molecule has 2 aliphatic rings. The standard InChI is InChI=1S/C21H31N3O3/c25-20(12-17-27-19-10-5-2-6-11-19)23-13-7-14-24(16-15-23)21(26)22-18-8-3-1-4-9-18/h2,5-6,10-11,18H,1,3-4,7-9,12-17H2,(H,22,26). The number of carbonyl (C=O) groups excluding carboxylic acids is 2. The summed E-state index contributed by atoms with van der Waals surface area (Å²) in [7, 11) is 0. The Hall–Kier alpha value is -2.24. The van der Waals surface area contributed by atoms with Gasteiger partial charge in [0.05, 0.1) is 13.0 Å². The lowest BCUT2D eigenvalue weighted by molar-refractivity contribution is -0.131. The van der Waals surface area contributed by atoms with E-state index in [2.05, 4.69) is 5.32 Å². The van der Waals surface area contributed by atoms with Crippen LogP contribution in [0.4, 0.5) is 4.79 Å². The fourth-order valence-electron chi connectivity index (χ4n) is 3.81. The number of para-hydroxylation sites is 1. The molecule has 0 aromatic heterocycles. The van der Waals surface area contributed by atoms with Gasteiger partial charge in [0.25, 0.3) is 0 Å². The van der Waals surface area contributed by atoms with Gasteiger partial charge in [-0.25, -0.2) is 4.79 Å². The van der Waals surface area contributed by atoms with Crippen molar-refractivity contribution in [3.63, 3.8) is 0 Å². The Morgan fingerprint density at radius 2 is 1.63 bits per heavy atom. The fourth-order valence-corrected chi connectivity index (χ4v) is 3.81. The molecule has 0 spiro atoms. The molecule has 3 rings (SSSR count). The molecule has 1 saturated heterocycles. The van der Waals surface area contributed by atoms with Gasteiger partial charge in [-0.15, -0.1) is 0 Å². The molecule has 27 heavy (non-hydrogen) atoms. The van der Waals surface area contributed by atoms with Gasteiger partial charge in [0.2, 0.25) is 5.91 Å². The predicted molar refractivity (Wildman–Crippen MR) is 105 cm³/mol. The van der Waals surface area contributed by atoms with Crippen molar-refractivity contribution >= 4 is 11.9 Å². The lowest BCUT2D eigenvalue weighted by Crippen LogP contribution is -2.47. The highest BCUT2D eigenvalue weighted by Crippen LogP contribution is 2.18. The normalized spacial score (nSPS) is 18.7. The smallest absolute Gasteiger partial charge is 0.317 e. The third-order valence-corrected chi connectivity index (χ3v) is 5.40. The van der Waals surface area contributed by atoms with Crippen LogP contribution < -0.4 is 10.1 Å². The molecule has 1 aromatic rings. The summed E-state index contributed by atoms with van der Waals surface area (Å²) in [4.78, 5) is 28.7. The summed E-state index contributed by atoms with van der Waals surface area (Å²) < 4.78 is 5.62. The summed E-state index contributed by atoms with van der Waals surface area (Å²) >= 11 is 0. The van der Waals surface area contributed by atoms with Crippen LogP contribution in [0.1, 0.15) is 44.9 Å². The van der Waals surface area contributed by atoms with Crippen molar-refractivity contribution in [1.29, 1.82) is 0 Å². The molecule has 1 N–H and O–H groups in total. The largest absolute Gasteiger partial charge is 0.493 e. The van der Waals surface area contributed by atoms with Gasteiger partial charge in [-0.1, -0.05) is 37.5 Å². The topological polar surface area (TPSA) is 61.9 Å². The molecule has 0 unspecified atom stereocenters. The Labute approximate surface area is 161 Å². The van der Waals surface area contributed by atoms with Crippen molar-refractivity contribution in [3.05, 3.63) is 30.3 Å². The number of amides is 3. The third-order valence-electron chi connectivity index (χ3n) is 5.40. The minimum atomic E-state index is 0.0311. The molecular weight excluding hydrogens is 342 g/mol. The molecule has 1 heterocycles. The summed E-state index contributed by atoms with van der Waals surface area (Å²) in [6, 6.07) is 9.90. The first-order valence-corrected chi connectivity index (χ1v) is 10.2. The average Bonchev–Trinajstić information content (AvgIpc) is 2.96. The van der Waals surface area contributed by atoms with E-state index in [0.29, 0.717) is 45.2 Å². The molecular formula is C21H31N3O3. The van der Waals surface area contributed by atoms with Crippen molar-refractivity contribution in [3.8, 4) is 5.75 Å². The number of carbonyl (C=O) groups is 2. The van der Waals surface area contributed by atoms with Crippen LogP contribution in [0.15, 0.2) is 30.3 Å². The maximum Gasteiger partial charge on any atom is 0.317 e. The number of ether oxygens (including phenoxy) is 1. The predicted octanol–water partition coefficient (Wildman–Crippen LogP) is 3.03. The van der Waals surface area contributed by atoms with Crippen LogP contribution in [-0.4, -0.2) is 60.6 Å². The van der Waals surface area contributed by atoms with E-state index in [-0.39, 0.29) is 11.9 Å². The molecule has 6 heteroatoms. The summed E-state index contributed by atoms with van der Waals surface area (Å²) in [5.41, 5.74) is 0. The maximum atomic E-state index is 12.5. The maximum absolute atomic E-state index is 12.5. The molecule has 0 bridgehead atoms. The summed E-state index contributed by atoms with van der Waals surface area (Å²) in [5, 5.41) is 3.18. The minimum absolute atomic E-state index is 0.0311. The molecule has 0 atom stereocenters. The first-order chi connectivity index (χ1) is 13.2. The molecule has 1 aliphatic heterocycles. The van der Waals surface area contributed by atoms with Gasteiger partial charge in [-0.2, -0.15) is 0 Å². The Morgan fingerprint density at radius 1 is 0.926 bits per heavy atom. The van der Waals surface area contributed by atoms with Crippen LogP contribution in [0, 0.1) is 0 Å². The first-order valence-electron chi connectivity index (χ1n) is 10.2. The van der Waals surface area contributed by atoms with Gasteiger partial charge in [0.1, 0.15) is 5.75 Å². The van der Waals surface area contributed by atoms with Gasteiger partial charge in [0, 0.05) is 32.2 Å². The van der Waals surface area contributed by atoms with Crippen molar-refractivity contribution < 1.29 is 14.3 Å². The van der Waals surface area contributed by atoms with E-state index in [1.807, 2.05) is 40.1 Å². The van der Waals surface area contributed by atoms with Gasteiger partial charge < -0.3 is 19.9 Å². The SMILES string of the molecule is O=C(CCOc1ccccc1)N1CCCN(C(=O)NC2CCCCC2)CC1. The quantitative estimate of drug-likeness (QED) is 0.863. The molecule has 148 valence electrons. The van der Waals surface area contributed by atoms with Gasteiger partial charge >= 0.3 is 6.03 Å². The number of nitrogens with one attached hydrogen (secondary N) is 1. The molecule has 1 saturated carbocycles. The number of benzene rings is 1. The van der Waals surface area contributed by atoms with Crippen LogP contribution in [0.3, 0.4) is 0 Å². The van der Waals surface area contributed by atoms with Crippen molar-refractivity contribution in [1.82, 2.24) is 15.1 Å². The zero-order valence-corrected chi connectivity index (χ0v) is 16.1. The number of hydrogen-bond donors (Lipinski definition) is 1. The number of urea groups is 1. The van der Waals surface area contributed by atoms with Crippen LogP contribution in [0.2, 0.25) is 0 Å². The molecule has 0 radical (unpaired) electrons. The van der Waals surface area contributed by atoms with E-state index < -0.39 is 0 Å². The zero-order chi connectivity index (χ0) is 18.9. The Bertz CT molecular complexity index is 602. The second-order valence-corrected chi connectivity index (χ2v) is 7.42.